The predicted octanol–water partition coefficient (Wildman–Crippen LogP) is 4.87. The van der Waals surface area contributed by atoms with Crippen LogP contribution in [0.5, 0.6) is 0 Å². The average molecular weight is 288 g/mol. The van der Waals surface area contributed by atoms with Gasteiger partial charge < -0.3 is 4.52 Å². The molecule has 106 valence electrons. The number of aromatic nitrogens is 1. The molecule has 0 saturated heterocycles. The van der Waals surface area contributed by atoms with E-state index in [1.165, 1.54) is 0 Å². The summed E-state index contributed by atoms with van der Waals surface area (Å²) in [4.78, 5) is 2.90. The van der Waals surface area contributed by atoms with Crippen molar-refractivity contribution < 1.29 is 4.52 Å². The van der Waals surface area contributed by atoms with E-state index in [0.717, 1.165) is 22.2 Å². The van der Waals surface area contributed by atoms with Gasteiger partial charge in [0.25, 0.3) is 0 Å². The van der Waals surface area contributed by atoms with Crippen molar-refractivity contribution in [1.29, 1.82) is 0 Å². The zero-order valence-corrected chi connectivity index (χ0v) is 11.7. The van der Waals surface area contributed by atoms with Gasteiger partial charge in [-0.25, -0.2) is 0 Å². The van der Waals surface area contributed by atoms with Crippen molar-refractivity contribution in [1.82, 2.24) is 5.16 Å². The van der Waals surface area contributed by atoms with Gasteiger partial charge in [0.1, 0.15) is 5.69 Å². The van der Waals surface area contributed by atoms with Gasteiger partial charge in [0.2, 0.25) is 0 Å². The first-order valence-corrected chi connectivity index (χ1v) is 6.76. The highest BCUT2D eigenvalue weighted by molar-refractivity contribution is 5.92. The molecule has 1 aromatic heterocycles. The second-order valence-corrected chi connectivity index (χ2v) is 4.74. The van der Waals surface area contributed by atoms with Crippen molar-refractivity contribution in [3.8, 4) is 23.6 Å². The zero-order chi connectivity index (χ0) is 15.4. The lowest BCUT2D eigenvalue weighted by molar-refractivity contribution is 0.459. The van der Waals surface area contributed by atoms with E-state index < -0.39 is 6.04 Å². The van der Waals surface area contributed by atoms with Crippen molar-refractivity contribution >= 4 is 11.0 Å². The Bertz CT molecular complexity index is 900. The second-order valence-electron chi connectivity index (χ2n) is 4.74. The molecular weight excluding hydrogens is 276 g/mol. The van der Waals surface area contributed by atoms with Gasteiger partial charge in [-0.1, -0.05) is 46.7 Å². The molecular formula is C17H12N4O. The van der Waals surface area contributed by atoms with Crippen LogP contribution in [-0.4, -0.2) is 5.16 Å². The first-order valence-electron chi connectivity index (χ1n) is 6.76. The van der Waals surface area contributed by atoms with Crippen LogP contribution < -0.4 is 0 Å². The molecule has 5 heteroatoms. The number of hydrogen-bond acceptors (Lipinski definition) is 3. The molecule has 0 N–H and O–H groups in total. The maximum Gasteiger partial charge on any atom is 0.167 e. The molecule has 0 aliphatic carbocycles. The van der Waals surface area contributed by atoms with Gasteiger partial charge in [-0.3, -0.25) is 0 Å². The monoisotopic (exact) mass is 288 g/mol. The number of para-hydroxylation sites is 1. The van der Waals surface area contributed by atoms with Crippen LogP contribution in [0, 0.1) is 12.3 Å². The summed E-state index contributed by atoms with van der Waals surface area (Å²) >= 11 is 0. The van der Waals surface area contributed by atoms with Crippen LogP contribution in [0.2, 0.25) is 0 Å². The third kappa shape index (κ3) is 2.39. The van der Waals surface area contributed by atoms with E-state index in [1.54, 1.807) is 0 Å². The van der Waals surface area contributed by atoms with E-state index in [9.17, 15) is 0 Å². The minimum atomic E-state index is -0.429. The Balaban J connectivity index is 2.20. The Hall–Kier alpha value is -3.22. The Morgan fingerprint density at radius 3 is 2.82 bits per heavy atom. The fourth-order valence-electron chi connectivity index (χ4n) is 2.47. The summed E-state index contributed by atoms with van der Waals surface area (Å²) in [5.41, 5.74) is 11.9. The SMILES string of the molecule is C#CCC(N=[N+]=[N-])c1ccccc1-c1noc2ccccc12. The van der Waals surface area contributed by atoms with Gasteiger partial charge in [-0.15, -0.1) is 12.3 Å². The molecule has 1 unspecified atom stereocenters. The lowest BCUT2D eigenvalue weighted by atomic mass is 9.95. The van der Waals surface area contributed by atoms with Crippen molar-refractivity contribution in [2.75, 3.05) is 0 Å². The van der Waals surface area contributed by atoms with Gasteiger partial charge >= 0.3 is 0 Å². The quantitative estimate of drug-likeness (QED) is 0.297. The molecule has 0 spiro atoms. The van der Waals surface area contributed by atoms with Gasteiger partial charge in [0.05, 0.1) is 6.04 Å². The Morgan fingerprint density at radius 2 is 2.00 bits per heavy atom. The minimum absolute atomic E-state index is 0.330. The fraction of sp³-hybridized carbons (Fsp3) is 0.118. The summed E-state index contributed by atoms with van der Waals surface area (Å²) in [6, 6.07) is 14.8. The Morgan fingerprint density at radius 1 is 1.23 bits per heavy atom. The van der Waals surface area contributed by atoms with Crippen LogP contribution in [-0.2, 0) is 0 Å². The highest BCUT2D eigenvalue weighted by Crippen LogP contribution is 2.35. The summed E-state index contributed by atoms with van der Waals surface area (Å²) in [5, 5.41) is 8.89. The molecule has 0 aliphatic rings. The molecule has 0 bridgehead atoms. The van der Waals surface area contributed by atoms with Crippen molar-refractivity contribution in [3.63, 3.8) is 0 Å². The van der Waals surface area contributed by atoms with Gasteiger partial charge in [0.15, 0.2) is 5.58 Å². The summed E-state index contributed by atoms with van der Waals surface area (Å²) in [6.45, 7) is 0. The third-order valence-electron chi connectivity index (χ3n) is 3.45. The van der Waals surface area contributed by atoms with Gasteiger partial charge in [-0.05, 0) is 23.2 Å². The van der Waals surface area contributed by atoms with E-state index in [2.05, 4.69) is 21.1 Å². The summed E-state index contributed by atoms with van der Waals surface area (Å²) < 4.78 is 5.36. The van der Waals surface area contributed by atoms with E-state index in [4.69, 9.17) is 16.5 Å². The normalized spacial score (nSPS) is 11.6. The lowest BCUT2D eigenvalue weighted by Crippen LogP contribution is -1.97. The number of benzene rings is 2. The minimum Gasteiger partial charge on any atom is -0.356 e. The van der Waals surface area contributed by atoms with Crippen molar-refractivity contribution in [2.45, 2.75) is 12.5 Å². The van der Waals surface area contributed by atoms with Crippen LogP contribution in [0.15, 0.2) is 58.2 Å². The molecule has 0 radical (unpaired) electrons. The maximum atomic E-state index is 8.77. The molecule has 0 fully saturated rings. The summed E-state index contributed by atoms with van der Waals surface area (Å²) in [6.07, 6.45) is 5.72. The molecule has 0 saturated carbocycles. The number of rotatable bonds is 4. The second kappa shape index (κ2) is 6.04. The van der Waals surface area contributed by atoms with E-state index in [1.807, 2.05) is 48.5 Å². The maximum absolute atomic E-state index is 8.77. The number of azide groups is 1. The van der Waals surface area contributed by atoms with Crippen molar-refractivity contribution in [2.24, 2.45) is 5.11 Å². The predicted molar refractivity (Wildman–Crippen MR) is 84.8 cm³/mol. The van der Waals surface area contributed by atoms with Crippen LogP contribution in [0.25, 0.3) is 32.7 Å². The first kappa shape index (κ1) is 13.7. The van der Waals surface area contributed by atoms with E-state index in [0.29, 0.717) is 12.0 Å². The number of terminal acetylenes is 1. The van der Waals surface area contributed by atoms with Crippen LogP contribution >= 0.6 is 0 Å². The standard InChI is InChI=1S/C17H12N4O/c1-2-7-15(19-21-18)12-8-3-4-9-13(12)17-14-10-5-6-11-16(14)22-20-17/h1,3-6,8-11,15H,7H2. The molecule has 3 aromatic rings. The van der Waals surface area contributed by atoms with E-state index in [-0.39, 0.29) is 0 Å². The molecule has 0 aliphatic heterocycles. The molecule has 2 aromatic carbocycles. The van der Waals surface area contributed by atoms with E-state index >= 15 is 0 Å². The number of fused-ring (bicyclic) bond motifs is 1. The van der Waals surface area contributed by atoms with Gasteiger partial charge in [-0.2, -0.15) is 0 Å². The third-order valence-corrected chi connectivity index (χ3v) is 3.45. The highest BCUT2D eigenvalue weighted by Gasteiger charge is 2.18. The fourth-order valence-corrected chi connectivity index (χ4v) is 2.47. The van der Waals surface area contributed by atoms with Crippen molar-refractivity contribution in [3.05, 3.63) is 64.5 Å². The molecule has 22 heavy (non-hydrogen) atoms. The highest BCUT2D eigenvalue weighted by atomic mass is 16.5. The van der Waals surface area contributed by atoms with Crippen LogP contribution in [0.4, 0.5) is 0 Å². The molecule has 3 rings (SSSR count). The Labute approximate surface area is 127 Å². The molecule has 1 heterocycles. The molecule has 1 atom stereocenters. The smallest absolute Gasteiger partial charge is 0.167 e. The van der Waals surface area contributed by atoms with Crippen LogP contribution in [0.3, 0.4) is 0 Å². The zero-order valence-electron chi connectivity index (χ0n) is 11.7. The average Bonchev–Trinajstić information content (AvgIpc) is 2.98. The Kier molecular flexibility index (Phi) is 3.78. The van der Waals surface area contributed by atoms with Gasteiger partial charge in [0, 0.05) is 22.3 Å². The number of hydrogen-bond donors (Lipinski definition) is 0. The topological polar surface area (TPSA) is 74.8 Å². The number of nitrogens with zero attached hydrogens (tertiary/aromatic N) is 4. The molecule has 0 amide bonds. The lowest BCUT2D eigenvalue weighted by Gasteiger charge is -2.12. The van der Waals surface area contributed by atoms with Crippen LogP contribution in [0.1, 0.15) is 18.0 Å². The summed E-state index contributed by atoms with van der Waals surface area (Å²) in [7, 11) is 0. The largest absolute Gasteiger partial charge is 0.356 e. The molecule has 5 nitrogen and oxygen atoms in total. The first-order chi connectivity index (χ1) is 10.8. The summed E-state index contributed by atoms with van der Waals surface area (Å²) in [5.74, 6) is 2.55.